The third-order valence-electron chi connectivity index (χ3n) is 5.20. The predicted octanol–water partition coefficient (Wildman–Crippen LogP) is 1.90. The molecule has 0 radical (unpaired) electrons. The van der Waals surface area contributed by atoms with E-state index in [0.717, 1.165) is 12.0 Å². The molecule has 7 nitrogen and oxygen atoms in total. The maximum Gasteiger partial charge on any atom is 0.320 e. The molecule has 1 N–H and O–H groups in total. The van der Waals surface area contributed by atoms with Crippen LogP contribution in [0.4, 0.5) is 4.79 Å². The molecule has 1 aromatic carbocycles. The summed E-state index contributed by atoms with van der Waals surface area (Å²) in [5.74, 6) is -0.123. The Morgan fingerprint density at radius 2 is 2.07 bits per heavy atom. The number of carbonyl (C=O) groups is 2. The second kappa shape index (κ2) is 7.83. The van der Waals surface area contributed by atoms with Crippen molar-refractivity contribution >= 4 is 35.1 Å². The van der Waals surface area contributed by atoms with Gasteiger partial charge in [0.05, 0.1) is 37.9 Å². The first kappa shape index (κ1) is 18.8. The van der Waals surface area contributed by atoms with E-state index in [9.17, 15) is 9.59 Å². The van der Waals surface area contributed by atoms with E-state index in [-0.39, 0.29) is 36.8 Å². The van der Waals surface area contributed by atoms with Crippen molar-refractivity contribution in [1.29, 1.82) is 0 Å². The number of halogens is 2. The Hall–Kier alpha value is -1.54. The van der Waals surface area contributed by atoms with Gasteiger partial charge in [-0.15, -0.1) is 0 Å². The van der Waals surface area contributed by atoms with Gasteiger partial charge in [0.25, 0.3) is 0 Å². The van der Waals surface area contributed by atoms with E-state index in [1.807, 2.05) is 0 Å². The largest absolute Gasteiger partial charge is 0.370 e. The van der Waals surface area contributed by atoms with Gasteiger partial charge in [-0.3, -0.25) is 4.79 Å². The normalized spacial score (nSPS) is 25.6. The van der Waals surface area contributed by atoms with Crippen molar-refractivity contribution in [2.24, 2.45) is 0 Å². The van der Waals surface area contributed by atoms with Crippen LogP contribution >= 0.6 is 23.2 Å². The van der Waals surface area contributed by atoms with E-state index < -0.39 is 0 Å². The van der Waals surface area contributed by atoms with Crippen LogP contribution in [0.5, 0.6) is 0 Å². The molecule has 0 aromatic heterocycles. The van der Waals surface area contributed by atoms with Gasteiger partial charge in [-0.05, 0) is 30.2 Å². The predicted molar refractivity (Wildman–Crippen MR) is 99.9 cm³/mol. The Morgan fingerprint density at radius 3 is 2.89 bits per heavy atom. The molecule has 9 heteroatoms. The molecule has 0 saturated carbocycles. The lowest BCUT2D eigenvalue weighted by Gasteiger charge is -2.45. The number of rotatable bonds is 3. The number of likely N-dealkylation sites (tertiary alicyclic amines) is 2. The number of hydrogen-bond acceptors (Lipinski definition) is 4. The van der Waals surface area contributed by atoms with E-state index in [2.05, 4.69) is 5.32 Å². The number of benzene rings is 1. The number of urea groups is 1. The van der Waals surface area contributed by atoms with Crippen molar-refractivity contribution in [1.82, 2.24) is 15.1 Å². The fraction of sp³-hybridized carbons (Fsp3) is 0.556. The van der Waals surface area contributed by atoms with Gasteiger partial charge in [-0.1, -0.05) is 23.2 Å². The molecule has 3 heterocycles. The van der Waals surface area contributed by atoms with Crippen LogP contribution in [-0.2, 0) is 20.9 Å². The summed E-state index contributed by atoms with van der Waals surface area (Å²) in [5, 5.41) is 4.14. The second-order valence-corrected chi connectivity index (χ2v) is 7.96. The fourth-order valence-electron chi connectivity index (χ4n) is 3.63. The van der Waals surface area contributed by atoms with Crippen LogP contribution in [0.2, 0.25) is 10.0 Å². The standard InChI is InChI=1S/C18H21Cl2N3O4/c19-12-1-2-14(20)11(5-12)9-26-13-6-23(7-13)18(25)22-4-3-16-15(8-22)21-17(24)10-27-16/h1-2,5,13,15-16H,3-4,6-10H2,(H,21,24)/t15-,16+/m1/s1. The summed E-state index contributed by atoms with van der Waals surface area (Å²) in [5.41, 5.74) is 0.837. The van der Waals surface area contributed by atoms with Crippen LogP contribution in [-0.4, -0.2) is 72.8 Å². The molecule has 3 saturated heterocycles. The first-order valence-corrected chi connectivity index (χ1v) is 9.75. The molecule has 27 heavy (non-hydrogen) atoms. The number of fused-ring (bicyclic) bond motifs is 1. The Labute approximate surface area is 167 Å². The molecule has 3 aliphatic rings. The molecule has 0 aliphatic carbocycles. The Morgan fingerprint density at radius 1 is 1.26 bits per heavy atom. The average Bonchev–Trinajstić information content (AvgIpc) is 2.62. The molecule has 0 bridgehead atoms. The molecule has 0 spiro atoms. The number of carbonyl (C=O) groups excluding carboxylic acids is 2. The molecule has 3 amide bonds. The highest BCUT2D eigenvalue weighted by Crippen LogP contribution is 2.24. The molecule has 0 unspecified atom stereocenters. The zero-order valence-electron chi connectivity index (χ0n) is 14.7. The summed E-state index contributed by atoms with van der Waals surface area (Å²) < 4.78 is 11.4. The summed E-state index contributed by atoms with van der Waals surface area (Å²) in [7, 11) is 0. The summed E-state index contributed by atoms with van der Waals surface area (Å²) >= 11 is 12.1. The lowest BCUT2D eigenvalue weighted by atomic mass is 10.0. The quantitative estimate of drug-likeness (QED) is 0.821. The van der Waals surface area contributed by atoms with Crippen LogP contribution in [0, 0.1) is 0 Å². The third kappa shape index (κ3) is 4.16. The van der Waals surface area contributed by atoms with Gasteiger partial charge >= 0.3 is 6.03 Å². The maximum absolute atomic E-state index is 12.7. The number of nitrogens with zero attached hydrogens (tertiary/aromatic N) is 2. The van der Waals surface area contributed by atoms with E-state index in [1.165, 1.54) is 0 Å². The molecular formula is C18H21Cl2N3O4. The Kier molecular flexibility index (Phi) is 5.45. The molecule has 3 fully saturated rings. The number of nitrogens with one attached hydrogen (secondary N) is 1. The van der Waals surface area contributed by atoms with Crippen molar-refractivity contribution < 1.29 is 19.1 Å². The van der Waals surface area contributed by atoms with Crippen LogP contribution < -0.4 is 5.32 Å². The van der Waals surface area contributed by atoms with Crippen LogP contribution in [0.3, 0.4) is 0 Å². The zero-order chi connectivity index (χ0) is 19.0. The van der Waals surface area contributed by atoms with E-state index in [4.69, 9.17) is 32.7 Å². The summed E-state index contributed by atoms with van der Waals surface area (Å²) in [6.45, 7) is 2.68. The number of ether oxygens (including phenoxy) is 2. The Bertz CT molecular complexity index is 741. The minimum absolute atomic E-state index is 0.00154. The average molecular weight is 414 g/mol. The zero-order valence-corrected chi connectivity index (χ0v) is 16.2. The fourth-order valence-corrected chi connectivity index (χ4v) is 4.00. The SMILES string of the molecule is O=C1CO[C@H]2CCN(C(=O)N3CC(OCc4cc(Cl)ccc4Cl)C3)C[C@H]2N1. The van der Waals surface area contributed by atoms with Crippen LogP contribution in [0.25, 0.3) is 0 Å². The molecule has 2 atom stereocenters. The smallest absolute Gasteiger partial charge is 0.320 e. The summed E-state index contributed by atoms with van der Waals surface area (Å²) in [4.78, 5) is 27.7. The maximum atomic E-state index is 12.7. The minimum Gasteiger partial charge on any atom is -0.370 e. The highest BCUT2D eigenvalue weighted by Gasteiger charge is 2.40. The number of hydrogen-bond donors (Lipinski definition) is 1. The van der Waals surface area contributed by atoms with Crippen molar-refractivity contribution in [3.05, 3.63) is 33.8 Å². The first-order valence-electron chi connectivity index (χ1n) is 9.00. The van der Waals surface area contributed by atoms with Gasteiger partial charge in [0.1, 0.15) is 6.61 Å². The second-order valence-electron chi connectivity index (χ2n) is 7.11. The lowest BCUT2D eigenvalue weighted by Crippen LogP contribution is -2.65. The Balaban J connectivity index is 1.24. The minimum atomic E-state index is -0.123. The van der Waals surface area contributed by atoms with E-state index in [0.29, 0.717) is 42.8 Å². The summed E-state index contributed by atoms with van der Waals surface area (Å²) in [6, 6.07) is 5.13. The van der Waals surface area contributed by atoms with Gasteiger partial charge in [0.15, 0.2) is 0 Å². The number of morpholine rings is 1. The highest BCUT2D eigenvalue weighted by molar-refractivity contribution is 6.33. The molecule has 3 aliphatic heterocycles. The van der Waals surface area contributed by atoms with Crippen molar-refractivity contribution in [3.8, 4) is 0 Å². The number of amides is 3. The first-order chi connectivity index (χ1) is 13.0. The van der Waals surface area contributed by atoms with Crippen LogP contribution in [0.1, 0.15) is 12.0 Å². The van der Waals surface area contributed by atoms with Gasteiger partial charge in [-0.25, -0.2) is 4.79 Å². The molecule has 146 valence electrons. The van der Waals surface area contributed by atoms with Gasteiger partial charge < -0.3 is 24.6 Å². The van der Waals surface area contributed by atoms with Crippen molar-refractivity contribution in [3.63, 3.8) is 0 Å². The van der Waals surface area contributed by atoms with E-state index >= 15 is 0 Å². The van der Waals surface area contributed by atoms with E-state index in [1.54, 1.807) is 28.0 Å². The third-order valence-corrected chi connectivity index (χ3v) is 5.80. The van der Waals surface area contributed by atoms with Gasteiger partial charge in [0.2, 0.25) is 5.91 Å². The summed E-state index contributed by atoms with van der Waals surface area (Å²) in [6.07, 6.45) is 0.721. The topological polar surface area (TPSA) is 71.1 Å². The molecule has 1 aromatic rings. The highest BCUT2D eigenvalue weighted by atomic mass is 35.5. The molecule has 4 rings (SSSR count). The van der Waals surface area contributed by atoms with Gasteiger partial charge in [-0.2, -0.15) is 0 Å². The lowest BCUT2D eigenvalue weighted by molar-refractivity contribution is -0.140. The van der Waals surface area contributed by atoms with Crippen molar-refractivity contribution in [2.45, 2.75) is 31.3 Å². The van der Waals surface area contributed by atoms with Crippen LogP contribution in [0.15, 0.2) is 18.2 Å². The molecular weight excluding hydrogens is 393 g/mol. The van der Waals surface area contributed by atoms with Gasteiger partial charge in [0, 0.05) is 23.1 Å². The number of piperidine rings is 1. The monoisotopic (exact) mass is 413 g/mol. The van der Waals surface area contributed by atoms with Crippen molar-refractivity contribution in [2.75, 3.05) is 32.8 Å².